The summed E-state index contributed by atoms with van der Waals surface area (Å²) in [5.74, 6) is -1.05. The molecule has 1 amide bonds. The molecule has 2 heterocycles. The number of nitrogens with one attached hydrogen (secondary N) is 2. The SMILES string of the molecule is Cc1nc(NCc2ccco2)cc(C(=O)Nc2c(F)cccc2F)n1. The molecule has 128 valence electrons. The average molecular weight is 344 g/mol. The fraction of sp³-hybridized carbons (Fsp3) is 0.118. The minimum absolute atomic E-state index is 0.0166. The van der Waals surface area contributed by atoms with Crippen molar-refractivity contribution in [3.8, 4) is 0 Å². The van der Waals surface area contributed by atoms with Gasteiger partial charge in [0.05, 0.1) is 12.8 Å². The number of halogens is 2. The summed E-state index contributed by atoms with van der Waals surface area (Å²) >= 11 is 0. The van der Waals surface area contributed by atoms with Crippen LogP contribution in [0.4, 0.5) is 20.3 Å². The van der Waals surface area contributed by atoms with Gasteiger partial charge in [-0.3, -0.25) is 4.79 Å². The zero-order valence-corrected chi connectivity index (χ0v) is 13.2. The lowest BCUT2D eigenvalue weighted by Gasteiger charge is -2.09. The van der Waals surface area contributed by atoms with E-state index in [9.17, 15) is 13.6 Å². The lowest BCUT2D eigenvalue weighted by Crippen LogP contribution is -2.17. The molecule has 0 aliphatic rings. The van der Waals surface area contributed by atoms with E-state index in [1.807, 2.05) is 0 Å². The molecule has 0 atom stereocenters. The van der Waals surface area contributed by atoms with Crippen LogP contribution in [0.5, 0.6) is 0 Å². The van der Waals surface area contributed by atoms with Gasteiger partial charge < -0.3 is 15.1 Å². The first-order valence-electron chi connectivity index (χ1n) is 7.40. The van der Waals surface area contributed by atoms with Gasteiger partial charge in [0.25, 0.3) is 5.91 Å². The summed E-state index contributed by atoms with van der Waals surface area (Å²) in [5.41, 5.74) is -0.536. The van der Waals surface area contributed by atoms with E-state index in [1.54, 1.807) is 25.3 Å². The maximum Gasteiger partial charge on any atom is 0.274 e. The second-order valence-corrected chi connectivity index (χ2v) is 5.17. The summed E-state index contributed by atoms with van der Waals surface area (Å²) in [4.78, 5) is 20.4. The number of carbonyl (C=O) groups excluding carboxylic acids is 1. The highest BCUT2D eigenvalue weighted by Gasteiger charge is 2.16. The summed E-state index contributed by atoms with van der Waals surface area (Å²) in [6, 6.07) is 8.26. The molecule has 0 fully saturated rings. The first kappa shape index (κ1) is 16.6. The van der Waals surface area contributed by atoms with E-state index in [-0.39, 0.29) is 5.69 Å². The number of furan rings is 1. The summed E-state index contributed by atoms with van der Waals surface area (Å²) in [5, 5.41) is 5.19. The minimum atomic E-state index is -0.865. The minimum Gasteiger partial charge on any atom is -0.467 e. The van der Waals surface area contributed by atoms with Gasteiger partial charge in [0.2, 0.25) is 0 Å². The summed E-state index contributed by atoms with van der Waals surface area (Å²) in [7, 11) is 0. The number of para-hydroxylation sites is 1. The molecule has 0 aliphatic heterocycles. The van der Waals surface area contributed by atoms with Crippen LogP contribution in [0.15, 0.2) is 47.1 Å². The normalized spacial score (nSPS) is 10.5. The van der Waals surface area contributed by atoms with E-state index in [2.05, 4.69) is 20.6 Å². The Bertz CT molecular complexity index is 877. The number of aryl methyl sites for hydroxylation is 1. The van der Waals surface area contributed by atoms with Gasteiger partial charge in [0.15, 0.2) is 0 Å². The standard InChI is InChI=1S/C17H14F2N4O2/c1-10-21-14(8-15(22-10)20-9-11-4-3-7-25-11)17(24)23-16-12(18)5-2-6-13(16)19/h2-8H,9H2,1H3,(H,23,24)(H,20,21,22). The molecule has 1 aromatic carbocycles. The molecule has 8 heteroatoms. The molecule has 0 spiro atoms. The fourth-order valence-electron chi connectivity index (χ4n) is 2.16. The number of nitrogens with zero attached hydrogens (tertiary/aromatic N) is 2. The predicted octanol–water partition coefficient (Wildman–Crippen LogP) is 3.52. The van der Waals surface area contributed by atoms with Gasteiger partial charge in [0, 0.05) is 6.07 Å². The molecule has 0 aliphatic carbocycles. The molecule has 25 heavy (non-hydrogen) atoms. The van der Waals surface area contributed by atoms with Crippen LogP contribution in [0.25, 0.3) is 0 Å². The van der Waals surface area contributed by atoms with Crippen LogP contribution in [-0.2, 0) is 6.54 Å². The van der Waals surface area contributed by atoms with Crippen molar-refractivity contribution in [3.05, 3.63) is 71.6 Å². The van der Waals surface area contributed by atoms with Crippen LogP contribution >= 0.6 is 0 Å². The van der Waals surface area contributed by atoms with Crippen LogP contribution in [0.2, 0.25) is 0 Å². The monoisotopic (exact) mass is 344 g/mol. The highest BCUT2D eigenvalue weighted by molar-refractivity contribution is 6.03. The molecule has 2 aromatic heterocycles. The molecule has 0 bridgehead atoms. The number of amides is 1. The fourth-order valence-corrected chi connectivity index (χ4v) is 2.16. The number of aromatic nitrogens is 2. The Morgan fingerprint density at radius 1 is 1.16 bits per heavy atom. The van der Waals surface area contributed by atoms with Crippen LogP contribution < -0.4 is 10.6 Å². The van der Waals surface area contributed by atoms with Gasteiger partial charge in [-0.25, -0.2) is 18.7 Å². The largest absolute Gasteiger partial charge is 0.467 e. The number of benzene rings is 1. The zero-order valence-electron chi connectivity index (χ0n) is 13.2. The highest BCUT2D eigenvalue weighted by Crippen LogP contribution is 2.19. The molecule has 0 saturated heterocycles. The van der Waals surface area contributed by atoms with E-state index in [0.717, 1.165) is 12.1 Å². The Balaban J connectivity index is 1.78. The quantitative estimate of drug-likeness (QED) is 0.740. The number of carbonyl (C=O) groups is 1. The maximum absolute atomic E-state index is 13.7. The van der Waals surface area contributed by atoms with E-state index in [1.165, 1.54) is 12.1 Å². The molecule has 0 unspecified atom stereocenters. The topological polar surface area (TPSA) is 80.0 Å². The van der Waals surface area contributed by atoms with Crippen molar-refractivity contribution in [2.45, 2.75) is 13.5 Å². The van der Waals surface area contributed by atoms with Gasteiger partial charge in [0.1, 0.15) is 40.4 Å². The zero-order chi connectivity index (χ0) is 17.8. The van der Waals surface area contributed by atoms with Gasteiger partial charge in [-0.1, -0.05) is 6.07 Å². The number of hydrogen-bond acceptors (Lipinski definition) is 5. The average Bonchev–Trinajstić information content (AvgIpc) is 3.09. The first-order chi connectivity index (χ1) is 12.0. The molecule has 2 N–H and O–H groups in total. The number of hydrogen-bond donors (Lipinski definition) is 2. The second-order valence-electron chi connectivity index (χ2n) is 5.17. The van der Waals surface area contributed by atoms with E-state index in [4.69, 9.17) is 4.42 Å². The van der Waals surface area contributed by atoms with E-state index >= 15 is 0 Å². The third kappa shape index (κ3) is 3.97. The van der Waals surface area contributed by atoms with Gasteiger partial charge in [-0.05, 0) is 31.2 Å². The molecule has 6 nitrogen and oxygen atoms in total. The Morgan fingerprint density at radius 2 is 1.92 bits per heavy atom. The van der Waals surface area contributed by atoms with Crippen molar-refractivity contribution in [3.63, 3.8) is 0 Å². The summed E-state index contributed by atoms with van der Waals surface area (Å²) in [6.07, 6.45) is 1.55. The number of anilines is 2. The van der Waals surface area contributed by atoms with Crippen LogP contribution in [0.3, 0.4) is 0 Å². The predicted molar refractivity (Wildman–Crippen MR) is 87.1 cm³/mol. The molecule has 0 radical (unpaired) electrons. The smallest absolute Gasteiger partial charge is 0.274 e. The summed E-state index contributed by atoms with van der Waals surface area (Å²) < 4.78 is 32.5. The lowest BCUT2D eigenvalue weighted by atomic mass is 10.2. The van der Waals surface area contributed by atoms with Gasteiger partial charge in [-0.2, -0.15) is 0 Å². The summed E-state index contributed by atoms with van der Waals surface area (Å²) in [6.45, 7) is 1.98. The van der Waals surface area contributed by atoms with Crippen LogP contribution in [0, 0.1) is 18.6 Å². The Labute approximate surface area is 141 Å². The van der Waals surface area contributed by atoms with E-state index < -0.39 is 23.2 Å². The lowest BCUT2D eigenvalue weighted by molar-refractivity contribution is 0.102. The Kier molecular flexibility index (Phi) is 4.69. The molecule has 3 rings (SSSR count). The second kappa shape index (κ2) is 7.08. The highest BCUT2D eigenvalue weighted by atomic mass is 19.1. The van der Waals surface area contributed by atoms with Crippen molar-refractivity contribution in [2.75, 3.05) is 10.6 Å². The van der Waals surface area contributed by atoms with Gasteiger partial charge >= 0.3 is 0 Å². The maximum atomic E-state index is 13.7. The van der Waals surface area contributed by atoms with Crippen LogP contribution in [0.1, 0.15) is 22.1 Å². The molecule has 0 saturated carbocycles. The molecule has 3 aromatic rings. The van der Waals surface area contributed by atoms with Crippen LogP contribution in [-0.4, -0.2) is 15.9 Å². The third-order valence-electron chi connectivity index (χ3n) is 3.30. The Hall–Kier alpha value is -3.29. The van der Waals surface area contributed by atoms with Gasteiger partial charge in [-0.15, -0.1) is 0 Å². The van der Waals surface area contributed by atoms with Crippen molar-refractivity contribution in [1.82, 2.24) is 9.97 Å². The third-order valence-corrected chi connectivity index (χ3v) is 3.30. The molecular weight excluding hydrogens is 330 g/mol. The molecular formula is C17H14F2N4O2. The van der Waals surface area contributed by atoms with Crippen molar-refractivity contribution in [1.29, 1.82) is 0 Å². The van der Waals surface area contributed by atoms with E-state index in [0.29, 0.717) is 23.9 Å². The first-order valence-corrected chi connectivity index (χ1v) is 7.40. The van der Waals surface area contributed by atoms with Crippen molar-refractivity contribution >= 4 is 17.4 Å². The van der Waals surface area contributed by atoms with Crippen molar-refractivity contribution in [2.24, 2.45) is 0 Å². The number of rotatable bonds is 5. The van der Waals surface area contributed by atoms with Crippen molar-refractivity contribution < 1.29 is 18.0 Å². The Morgan fingerprint density at radius 3 is 2.60 bits per heavy atom.